The number of carbonyl (C=O) groups excluding carboxylic acids is 1. The van der Waals surface area contributed by atoms with Gasteiger partial charge in [0.25, 0.3) is 0 Å². The van der Waals surface area contributed by atoms with Crippen molar-refractivity contribution >= 4 is 22.4 Å². The van der Waals surface area contributed by atoms with E-state index in [0.717, 1.165) is 21.7 Å². The van der Waals surface area contributed by atoms with Gasteiger partial charge in [-0.3, -0.25) is 4.79 Å². The highest BCUT2D eigenvalue weighted by Gasteiger charge is 2.10. The number of aromatic nitrogens is 3. The van der Waals surface area contributed by atoms with Crippen molar-refractivity contribution in [2.75, 3.05) is 5.32 Å². The Morgan fingerprint density at radius 1 is 1.04 bits per heavy atom. The molecule has 0 atom stereocenters. The standard InChI is InChI=1S/C21H17FN4OS/c22-17-8-6-15(7-9-17)10-19-13-23-21(28-19)25-20(27)11-16-12-24-26(14-16)18-4-2-1-3-5-18/h1-9,12-14H,10-11H2,(H,23,25,27). The van der Waals surface area contributed by atoms with Crippen LogP contribution in [0.15, 0.2) is 73.2 Å². The second-order valence-corrected chi connectivity index (χ2v) is 7.40. The number of thiazole rings is 1. The molecule has 0 aliphatic heterocycles. The van der Waals surface area contributed by atoms with Crippen molar-refractivity contribution in [1.82, 2.24) is 14.8 Å². The Bertz CT molecular complexity index is 1070. The maximum atomic E-state index is 13.0. The van der Waals surface area contributed by atoms with Crippen molar-refractivity contribution in [2.24, 2.45) is 0 Å². The summed E-state index contributed by atoms with van der Waals surface area (Å²) in [5.41, 5.74) is 2.76. The first-order valence-corrected chi connectivity index (χ1v) is 9.55. The SMILES string of the molecule is O=C(Cc1cnn(-c2ccccc2)c1)Nc1ncc(Cc2ccc(F)cc2)s1. The molecular weight excluding hydrogens is 375 g/mol. The van der Waals surface area contributed by atoms with E-state index in [4.69, 9.17) is 0 Å². The number of nitrogens with zero attached hydrogens (tertiary/aromatic N) is 3. The molecule has 2 heterocycles. The molecule has 5 nitrogen and oxygen atoms in total. The number of rotatable bonds is 6. The Morgan fingerprint density at radius 3 is 2.61 bits per heavy atom. The van der Waals surface area contributed by atoms with E-state index in [9.17, 15) is 9.18 Å². The molecule has 0 aliphatic rings. The number of anilines is 1. The van der Waals surface area contributed by atoms with Crippen LogP contribution >= 0.6 is 11.3 Å². The van der Waals surface area contributed by atoms with Gasteiger partial charge in [0.2, 0.25) is 5.91 Å². The molecule has 0 bridgehead atoms. The summed E-state index contributed by atoms with van der Waals surface area (Å²) in [7, 11) is 0. The number of amides is 1. The van der Waals surface area contributed by atoms with E-state index in [1.165, 1.54) is 23.5 Å². The van der Waals surface area contributed by atoms with Gasteiger partial charge in [0, 0.05) is 23.7 Å². The molecule has 0 fully saturated rings. The number of benzene rings is 2. The van der Waals surface area contributed by atoms with Crippen molar-refractivity contribution in [2.45, 2.75) is 12.8 Å². The summed E-state index contributed by atoms with van der Waals surface area (Å²) in [6, 6.07) is 16.1. The van der Waals surface area contributed by atoms with Crippen LogP contribution in [0.1, 0.15) is 16.0 Å². The molecule has 4 rings (SSSR count). The average molecular weight is 392 g/mol. The first-order chi connectivity index (χ1) is 13.7. The summed E-state index contributed by atoms with van der Waals surface area (Å²) in [4.78, 5) is 17.6. The summed E-state index contributed by atoms with van der Waals surface area (Å²) in [5.74, 6) is -0.396. The van der Waals surface area contributed by atoms with Crippen LogP contribution in [-0.2, 0) is 17.6 Å². The molecule has 2 aromatic heterocycles. The fourth-order valence-electron chi connectivity index (χ4n) is 2.77. The van der Waals surface area contributed by atoms with Crippen LogP contribution in [0.4, 0.5) is 9.52 Å². The van der Waals surface area contributed by atoms with E-state index in [1.807, 2.05) is 36.5 Å². The van der Waals surface area contributed by atoms with Gasteiger partial charge in [0.15, 0.2) is 5.13 Å². The minimum absolute atomic E-state index is 0.143. The zero-order valence-corrected chi connectivity index (χ0v) is 15.7. The van der Waals surface area contributed by atoms with Gasteiger partial charge in [-0.15, -0.1) is 11.3 Å². The molecule has 28 heavy (non-hydrogen) atoms. The monoisotopic (exact) mass is 392 g/mol. The summed E-state index contributed by atoms with van der Waals surface area (Å²) in [6.07, 6.45) is 6.14. The number of para-hydroxylation sites is 1. The summed E-state index contributed by atoms with van der Waals surface area (Å²) in [6.45, 7) is 0. The van der Waals surface area contributed by atoms with E-state index in [2.05, 4.69) is 15.4 Å². The van der Waals surface area contributed by atoms with Crippen molar-refractivity contribution in [1.29, 1.82) is 0 Å². The van der Waals surface area contributed by atoms with Gasteiger partial charge in [0.05, 0.1) is 18.3 Å². The molecule has 0 radical (unpaired) electrons. The van der Waals surface area contributed by atoms with E-state index in [1.54, 1.807) is 29.2 Å². The van der Waals surface area contributed by atoms with Crippen molar-refractivity contribution in [3.63, 3.8) is 0 Å². The van der Waals surface area contributed by atoms with Crippen LogP contribution in [0.25, 0.3) is 5.69 Å². The van der Waals surface area contributed by atoms with Crippen LogP contribution in [0.2, 0.25) is 0 Å². The summed E-state index contributed by atoms with van der Waals surface area (Å²) >= 11 is 1.42. The number of carbonyl (C=O) groups is 1. The minimum Gasteiger partial charge on any atom is -0.302 e. The van der Waals surface area contributed by atoms with Gasteiger partial charge in [-0.1, -0.05) is 30.3 Å². The van der Waals surface area contributed by atoms with Gasteiger partial charge < -0.3 is 5.32 Å². The molecule has 1 amide bonds. The lowest BCUT2D eigenvalue weighted by molar-refractivity contribution is -0.115. The lowest BCUT2D eigenvalue weighted by Gasteiger charge is -2.00. The Labute approximate surface area is 165 Å². The highest BCUT2D eigenvalue weighted by Crippen LogP contribution is 2.21. The first kappa shape index (κ1) is 18.1. The Morgan fingerprint density at radius 2 is 1.82 bits per heavy atom. The third kappa shape index (κ3) is 4.50. The fourth-order valence-corrected chi connectivity index (χ4v) is 3.64. The Balaban J connectivity index is 1.35. The smallest absolute Gasteiger partial charge is 0.230 e. The maximum absolute atomic E-state index is 13.0. The van der Waals surface area contributed by atoms with E-state index < -0.39 is 0 Å². The summed E-state index contributed by atoms with van der Waals surface area (Å²) in [5, 5.41) is 7.68. The van der Waals surface area contributed by atoms with Crippen molar-refractivity contribution in [3.05, 3.63) is 95.0 Å². The molecular formula is C21H17FN4OS. The van der Waals surface area contributed by atoms with Gasteiger partial charge in [-0.05, 0) is 35.4 Å². The molecule has 0 spiro atoms. The topological polar surface area (TPSA) is 59.8 Å². The normalized spacial score (nSPS) is 10.8. The van der Waals surface area contributed by atoms with E-state index in [-0.39, 0.29) is 18.1 Å². The molecule has 1 N–H and O–H groups in total. The van der Waals surface area contributed by atoms with Crippen molar-refractivity contribution in [3.8, 4) is 5.69 Å². The van der Waals surface area contributed by atoms with Gasteiger partial charge >= 0.3 is 0 Å². The average Bonchev–Trinajstić information content (AvgIpc) is 3.34. The predicted octanol–water partition coefficient (Wildman–Crippen LogP) is 4.24. The Hall–Kier alpha value is -3.32. The highest BCUT2D eigenvalue weighted by molar-refractivity contribution is 7.15. The Kier molecular flexibility index (Phi) is 5.25. The summed E-state index contributed by atoms with van der Waals surface area (Å²) < 4.78 is 14.7. The number of hydrogen-bond donors (Lipinski definition) is 1. The lowest BCUT2D eigenvalue weighted by Crippen LogP contribution is -2.13. The number of hydrogen-bond acceptors (Lipinski definition) is 4. The van der Waals surface area contributed by atoms with Gasteiger partial charge in [-0.25, -0.2) is 14.1 Å². The fraction of sp³-hybridized carbons (Fsp3) is 0.0952. The second kappa shape index (κ2) is 8.14. The zero-order valence-electron chi connectivity index (χ0n) is 14.9. The number of nitrogens with one attached hydrogen (secondary N) is 1. The molecule has 7 heteroatoms. The quantitative estimate of drug-likeness (QED) is 0.534. The zero-order chi connectivity index (χ0) is 19.3. The van der Waals surface area contributed by atoms with Gasteiger partial charge in [-0.2, -0.15) is 5.10 Å². The third-order valence-electron chi connectivity index (χ3n) is 4.11. The molecule has 0 aliphatic carbocycles. The lowest BCUT2D eigenvalue weighted by atomic mass is 10.1. The largest absolute Gasteiger partial charge is 0.302 e. The molecule has 140 valence electrons. The first-order valence-electron chi connectivity index (χ1n) is 8.74. The third-order valence-corrected chi connectivity index (χ3v) is 5.03. The van der Waals surface area contributed by atoms with Crippen LogP contribution < -0.4 is 5.32 Å². The predicted molar refractivity (Wildman–Crippen MR) is 107 cm³/mol. The van der Waals surface area contributed by atoms with Crippen LogP contribution in [-0.4, -0.2) is 20.7 Å². The molecule has 0 unspecified atom stereocenters. The molecule has 4 aromatic rings. The van der Waals surface area contributed by atoms with Crippen LogP contribution in [0, 0.1) is 5.82 Å². The van der Waals surface area contributed by atoms with Crippen LogP contribution in [0.5, 0.6) is 0 Å². The molecule has 0 saturated heterocycles. The van der Waals surface area contributed by atoms with Crippen molar-refractivity contribution < 1.29 is 9.18 Å². The molecule has 0 saturated carbocycles. The maximum Gasteiger partial charge on any atom is 0.230 e. The second-order valence-electron chi connectivity index (χ2n) is 6.29. The minimum atomic E-state index is -0.253. The van der Waals surface area contributed by atoms with E-state index in [0.29, 0.717) is 11.6 Å². The van der Waals surface area contributed by atoms with E-state index >= 15 is 0 Å². The van der Waals surface area contributed by atoms with Gasteiger partial charge in [0.1, 0.15) is 5.82 Å². The highest BCUT2D eigenvalue weighted by atomic mass is 32.1. The molecule has 2 aromatic carbocycles. The van der Waals surface area contributed by atoms with Crippen LogP contribution in [0.3, 0.4) is 0 Å². The number of halogens is 1.